The molecule has 0 bridgehead atoms. The van der Waals surface area contributed by atoms with E-state index in [1.165, 1.54) is 32.4 Å². The van der Waals surface area contributed by atoms with E-state index >= 15 is 0 Å². The van der Waals surface area contributed by atoms with Gasteiger partial charge in [-0.25, -0.2) is 4.79 Å². The van der Waals surface area contributed by atoms with Crippen LogP contribution in [0.5, 0.6) is 11.5 Å². The van der Waals surface area contributed by atoms with Crippen LogP contribution in [0.2, 0.25) is 0 Å². The minimum absolute atomic E-state index is 0.163. The molecule has 0 fully saturated rings. The Morgan fingerprint density at radius 3 is 2.41 bits per heavy atom. The van der Waals surface area contributed by atoms with Gasteiger partial charge in [-0.05, 0) is 18.2 Å². The van der Waals surface area contributed by atoms with Crippen LogP contribution in [0.4, 0.5) is 0 Å². The summed E-state index contributed by atoms with van der Waals surface area (Å²) in [5.41, 5.74) is 0.163. The highest BCUT2D eigenvalue weighted by atomic mass is 16.7. The van der Waals surface area contributed by atoms with E-state index in [0.29, 0.717) is 11.5 Å². The van der Waals surface area contributed by atoms with Gasteiger partial charge in [-0.2, -0.15) is 0 Å². The fourth-order valence-corrected chi connectivity index (χ4v) is 1.28. The van der Waals surface area contributed by atoms with Crippen LogP contribution in [0, 0.1) is 10.1 Å². The van der Waals surface area contributed by atoms with Crippen molar-refractivity contribution < 1.29 is 23.9 Å². The number of rotatable bonds is 6. The maximum absolute atomic E-state index is 10.7. The smallest absolute Gasteiger partial charge is 0.423 e. The zero-order valence-electron chi connectivity index (χ0n) is 9.21. The second kappa shape index (κ2) is 5.69. The standard InChI is InChI=1S/C10H10NO6/c1-15-8-4-3-7(5-9(8)16-2)10(11(13)14)17-6-12/h3-5,10H,1-2H3. The van der Waals surface area contributed by atoms with Crippen LogP contribution in [-0.2, 0) is 9.53 Å². The fourth-order valence-electron chi connectivity index (χ4n) is 1.28. The molecule has 0 aliphatic carbocycles. The van der Waals surface area contributed by atoms with E-state index in [1.807, 2.05) is 0 Å². The molecule has 0 heterocycles. The Morgan fingerprint density at radius 2 is 1.94 bits per heavy atom. The maximum Gasteiger partial charge on any atom is 0.423 e. The number of hydrogen-bond donors (Lipinski definition) is 0. The summed E-state index contributed by atoms with van der Waals surface area (Å²) in [6.45, 7) is 1.05. The average molecular weight is 240 g/mol. The number of carbonyl (C=O) groups excluding carboxylic acids is 1. The topological polar surface area (TPSA) is 87.9 Å². The Hall–Kier alpha value is -2.31. The molecule has 0 spiro atoms. The minimum Gasteiger partial charge on any atom is -0.493 e. The highest BCUT2D eigenvalue weighted by Gasteiger charge is 2.25. The Kier molecular flexibility index (Phi) is 4.27. The summed E-state index contributed by atoms with van der Waals surface area (Å²) in [5.74, 6) is 0.736. The molecule has 0 aromatic heterocycles. The number of methoxy groups -OCH3 is 2. The van der Waals surface area contributed by atoms with Crippen LogP contribution in [-0.4, -0.2) is 25.6 Å². The van der Waals surface area contributed by atoms with Crippen molar-refractivity contribution in [3.05, 3.63) is 33.9 Å². The monoisotopic (exact) mass is 240 g/mol. The molecule has 7 heteroatoms. The van der Waals surface area contributed by atoms with Gasteiger partial charge in [0.2, 0.25) is 0 Å². The van der Waals surface area contributed by atoms with Gasteiger partial charge in [0.15, 0.2) is 11.5 Å². The molecule has 1 rings (SSSR count). The highest BCUT2D eigenvalue weighted by Crippen LogP contribution is 2.30. The van der Waals surface area contributed by atoms with Crippen molar-refractivity contribution in [1.29, 1.82) is 0 Å². The summed E-state index contributed by atoms with van der Waals surface area (Å²) >= 11 is 0. The molecule has 17 heavy (non-hydrogen) atoms. The van der Waals surface area contributed by atoms with E-state index in [-0.39, 0.29) is 5.56 Å². The van der Waals surface area contributed by atoms with Crippen molar-refractivity contribution in [1.82, 2.24) is 0 Å². The Morgan fingerprint density at radius 1 is 1.29 bits per heavy atom. The zero-order valence-corrected chi connectivity index (χ0v) is 9.21. The third-order valence-corrected chi connectivity index (χ3v) is 2.04. The average Bonchev–Trinajstić information content (AvgIpc) is 2.34. The largest absolute Gasteiger partial charge is 0.493 e. The van der Waals surface area contributed by atoms with Gasteiger partial charge in [0.25, 0.3) is 0 Å². The van der Waals surface area contributed by atoms with Gasteiger partial charge in [-0.1, -0.05) is 0 Å². The van der Waals surface area contributed by atoms with Crippen molar-refractivity contribution in [3.63, 3.8) is 0 Å². The van der Waals surface area contributed by atoms with E-state index in [0.717, 1.165) is 6.47 Å². The Balaban J connectivity index is 3.12. The number of benzene rings is 1. The first kappa shape index (κ1) is 12.8. The maximum atomic E-state index is 10.7. The van der Waals surface area contributed by atoms with Crippen LogP contribution in [0.1, 0.15) is 11.8 Å². The molecule has 0 amide bonds. The number of nitro groups is 1. The number of nitrogens with zero attached hydrogens (tertiary/aromatic N) is 1. The SMILES string of the molecule is COc1ccc(C(O[C]=O)[N+](=O)[O-])cc1OC. The first-order valence-electron chi connectivity index (χ1n) is 4.52. The molecule has 1 radical (unpaired) electrons. The molecule has 1 atom stereocenters. The Labute approximate surface area is 97.0 Å². The van der Waals surface area contributed by atoms with Crippen molar-refractivity contribution in [2.75, 3.05) is 14.2 Å². The number of hydrogen-bond acceptors (Lipinski definition) is 6. The molecule has 0 saturated carbocycles. The van der Waals surface area contributed by atoms with E-state index in [1.54, 1.807) is 0 Å². The minimum atomic E-state index is -1.60. The summed E-state index contributed by atoms with van der Waals surface area (Å²) in [6, 6.07) is 4.26. The molecule has 0 aliphatic heterocycles. The molecular weight excluding hydrogens is 230 g/mol. The third kappa shape index (κ3) is 2.83. The molecule has 91 valence electrons. The highest BCUT2D eigenvalue weighted by molar-refractivity contribution is 5.44. The molecular formula is C10H10NO6. The lowest BCUT2D eigenvalue weighted by atomic mass is 10.2. The first-order chi connectivity index (χ1) is 8.13. The van der Waals surface area contributed by atoms with Gasteiger partial charge in [0.1, 0.15) is 0 Å². The first-order valence-corrected chi connectivity index (χ1v) is 4.52. The fraction of sp³-hybridized carbons (Fsp3) is 0.300. The van der Waals surface area contributed by atoms with Crippen LogP contribution in [0.25, 0.3) is 0 Å². The lowest BCUT2D eigenvalue weighted by Crippen LogP contribution is -2.13. The molecule has 7 nitrogen and oxygen atoms in total. The van der Waals surface area contributed by atoms with Crippen molar-refractivity contribution >= 4 is 6.47 Å². The summed E-state index contributed by atoms with van der Waals surface area (Å²) in [7, 11) is 2.84. The van der Waals surface area contributed by atoms with Gasteiger partial charge in [-0.3, -0.25) is 10.1 Å². The molecule has 0 N–H and O–H groups in total. The second-order valence-corrected chi connectivity index (χ2v) is 2.95. The summed E-state index contributed by atoms with van der Waals surface area (Å²) in [4.78, 5) is 20.0. The van der Waals surface area contributed by atoms with Crippen LogP contribution < -0.4 is 9.47 Å². The van der Waals surface area contributed by atoms with Crippen LogP contribution in [0.3, 0.4) is 0 Å². The lowest BCUT2D eigenvalue weighted by molar-refractivity contribution is -0.573. The van der Waals surface area contributed by atoms with Gasteiger partial charge in [0.05, 0.1) is 24.7 Å². The van der Waals surface area contributed by atoms with Crippen LogP contribution in [0.15, 0.2) is 18.2 Å². The van der Waals surface area contributed by atoms with Crippen LogP contribution >= 0.6 is 0 Å². The van der Waals surface area contributed by atoms with Gasteiger partial charge in [-0.15, -0.1) is 0 Å². The van der Waals surface area contributed by atoms with Gasteiger partial charge >= 0.3 is 12.7 Å². The third-order valence-electron chi connectivity index (χ3n) is 2.04. The predicted octanol–water partition coefficient (Wildman–Crippen LogP) is 1.06. The van der Waals surface area contributed by atoms with Crippen molar-refractivity contribution in [2.45, 2.75) is 6.23 Å². The summed E-state index contributed by atoms with van der Waals surface area (Å²) < 4.78 is 14.2. The number of ether oxygens (including phenoxy) is 3. The lowest BCUT2D eigenvalue weighted by Gasteiger charge is -2.11. The molecule has 1 unspecified atom stereocenters. The predicted molar refractivity (Wildman–Crippen MR) is 56.1 cm³/mol. The van der Waals surface area contributed by atoms with Gasteiger partial charge in [0, 0.05) is 0 Å². The quantitative estimate of drug-likeness (QED) is 0.419. The zero-order chi connectivity index (χ0) is 12.8. The van der Waals surface area contributed by atoms with Crippen molar-refractivity contribution in [2.24, 2.45) is 0 Å². The van der Waals surface area contributed by atoms with Crippen molar-refractivity contribution in [3.8, 4) is 11.5 Å². The molecule has 1 aromatic carbocycles. The molecule has 0 aliphatic rings. The van der Waals surface area contributed by atoms with E-state index in [2.05, 4.69) is 4.74 Å². The summed E-state index contributed by atoms with van der Waals surface area (Å²) in [6.07, 6.45) is -1.60. The van der Waals surface area contributed by atoms with Gasteiger partial charge < -0.3 is 14.2 Å². The van der Waals surface area contributed by atoms with E-state index in [9.17, 15) is 14.9 Å². The Bertz CT molecular complexity index is 419. The molecule has 1 aromatic rings. The molecule has 0 saturated heterocycles. The van der Waals surface area contributed by atoms with E-state index in [4.69, 9.17) is 9.47 Å². The summed E-state index contributed by atoms with van der Waals surface area (Å²) in [5, 5.41) is 10.7. The normalized spacial score (nSPS) is 11.4. The van der Waals surface area contributed by atoms with E-state index < -0.39 is 11.2 Å². The second-order valence-electron chi connectivity index (χ2n) is 2.95.